The highest BCUT2D eigenvalue weighted by Gasteiger charge is 2.21. The van der Waals surface area contributed by atoms with Crippen molar-refractivity contribution in [2.75, 3.05) is 44.2 Å². The highest BCUT2D eigenvalue weighted by atomic mass is 16.6. The minimum atomic E-state index is -0.609. The summed E-state index contributed by atoms with van der Waals surface area (Å²) in [6.07, 6.45) is -0.609. The molecule has 0 aliphatic carbocycles. The van der Waals surface area contributed by atoms with Crippen LogP contribution in [0.2, 0.25) is 0 Å². The van der Waals surface area contributed by atoms with Crippen LogP contribution in [-0.2, 0) is 0 Å². The van der Waals surface area contributed by atoms with Gasteiger partial charge in [-0.25, -0.2) is 0 Å². The summed E-state index contributed by atoms with van der Waals surface area (Å²) in [4.78, 5) is 14.9. The molecule has 1 aliphatic rings. The topological polar surface area (TPSA) is 79.1 Å². The molecule has 1 saturated heterocycles. The molecule has 0 amide bonds. The fraction of sp³-hybridized carbons (Fsp3) is 0.429. The number of ether oxygens (including phenoxy) is 1. The van der Waals surface area contributed by atoms with Crippen molar-refractivity contribution in [1.82, 2.24) is 4.90 Å². The van der Waals surface area contributed by atoms with Crippen LogP contribution in [0.1, 0.15) is 11.1 Å². The number of hydrogen-bond donors (Lipinski definition) is 1. The summed E-state index contributed by atoms with van der Waals surface area (Å²) in [6.45, 7) is 8.65. The van der Waals surface area contributed by atoms with E-state index in [2.05, 4.69) is 41.8 Å². The van der Waals surface area contributed by atoms with Crippen LogP contribution in [-0.4, -0.2) is 60.4 Å². The Kier molecular flexibility index (Phi) is 6.49. The normalized spacial score (nSPS) is 16.0. The molecule has 0 bridgehead atoms. The molecule has 1 aliphatic heterocycles. The van der Waals surface area contributed by atoms with Crippen LogP contribution >= 0.6 is 0 Å². The van der Waals surface area contributed by atoms with E-state index >= 15 is 0 Å². The smallest absolute Gasteiger partial charge is 0.269 e. The third-order valence-corrected chi connectivity index (χ3v) is 5.09. The largest absolute Gasteiger partial charge is 0.491 e. The van der Waals surface area contributed by atoms with Gasteiger partial charge in [-0.1, -0.05) is 18.2 Å². The van der Waals surface area contributed by atoms with Crippen LogP contribution in [0.25, 0.3) is 0 Å². The molecule has 2 aromatic rings. The summed E-state index contributed by atoms with van der Waals surface area (Å²) in [5.74, 6) is 0.518. The average Bonchev–Trinajstić information content (AvgIpc) is 2.68. The zero-order valence-corrected chi connectivity index (χ0v) is 16.4. The predicted octanol–water partition coefficient (Wildman–Crippen LogP) is 2.77. The number of anilines is 1. The molecule has 0 saturated carbocycles. The summed E-state index contributed by atoms with van der Waals surface area (Å²) in [5, 5.41) is 21.0. The van der Waals surface area contributed by atoms with Crippen molar-refractivity contribution in [3.05, 3.63) is 63.7 Å². The van der Waals surface area contributed by atoms with Gasteiger partial charge in [-0.15, -0.1) is 0 Å². The minimum absolute atomic E-state index is 0.0228. The standard InChI is InChI=1S/C21H27N3O4/c1-16-4-3-5-17(2)21(16)23-12-10-22(11-13-23)14-19(25)15-28-20-8-6-18(7-9-20)24(26)27/h3-9,19,25H,10-15H2,1-2H3. The number of piperazine rings is 1. The van der Waals surface area contributed by atoms with E-state index in [1.165, 1.54) is 28.9 Å². The fourth-order valence-electron chi connectivity index (χ4n) is 3.67. The molecule has 1 unspecified atom stereocenters. The quantitative estimate of drug-likeness (QED) is 0.583. The van der Waals surface area contributed by atoms with Gasteiger partial charge >= 0.3 is 0 Å². The van der Waals surface area contributed by atoms with Crippen molar-refractivity contribution >= 4 is 11.4 Å². The summed E-state index contributed by atoms with van der Waals surface area (Å²) in [7, 11) is 0. The van der Waals surface area contributed by atoms with Crippen molar-refractivity contribution in [2.24, 2.45) is 0 Å². The van der Waals surface area contributed by atoms with E-state index in [1.54, 1.807) is 12.1 Å². The number of benzene rings is 2. The van der Waals surface area contributed by atoms with Gasteiger partial charge in [-0.05, 0) is 37.1 Å². The van der Waals surface area contributed by atoms with E-state index in [-0.39, 0.29) is 12.3 Å². The summed E-state index contributed by atoms with van der Waals surface area (Å²) in [6, 6.07) is 12.3. The summed E-state index contributed by atoms with van der Waals surface area (Å²) in [5.41, 5.74) is 3.94. The summed E-state index contributed by atoms with van der Waals surface area (Å²) >= 11 is 0. The molecule has 1 N–H and O–H groups in total. The Morgan fingerprint density at radius 1 is 1.07 bits per heavy atom. The second-order valence-electron chi connectivity index (χ2n) is 7.24. The molecular formula is C21H27N3O4. The minimum Gasteiger partial charge on any atom is -0.491 e. The zero-order valence-electron chi connectivity index (χ0n) is 16.4. The number of rotatable bonds is 7. The van der Waals surface area contributed by atoms with Gasteiger partial charge in [-0.2, -0.15) is 0 Å². The lowest BCUT2D eigenvalue weighted by molar-refractivity contribution is -0.384. The van der Waals surface area contributed by atoms with Crippen molar-refractivity contribution in [3.8, 4) is 5.75 Å². The molecule has 28 heavy (non-hydrogen) atoms. The Labute approximate surface area is 165 Å². The maximum absolute atomic E-state index is 10.7. The number of non-ortho nitro benzene ring substituents is 1. The molecule has 7 nitrogen and oxygen atoms in total. The van der Waals surface area contributed by atoms with Gasteiger partial charge in [0.15, 0.2) is 0 Å². The molecule has 2 aromatic carbocycles. The Hall–Kier alpha value is -2.64. The molecule has 3 rings (SSSR count). The lowest BCUT2D eigenvalue weighted by atomic mass is 10.1. The number of hydrogen-bond acceptors (Lipinski definition) is 6. The zero-order chi connectivity index (χ0) is 20.1. The molecule has 7 heteroatoms. The third kappa shape index (κ3) is 4.99. The van der Waals surface area contributed by atoms with Gasteiger partial charge < -0.3 is 14.7 Å². The second kappa shape index (κ2) is 9.03. The first kappa shape index (κ1) is 20.1. The molecule has 1 heterocycles. The highest BCUT2D eigenvalue weighted by Crippen LogP contribution is 2.25. The molecule has 0 aromatic heterocycles. The Morgan fingerprint density at radius 2 is 1.68 bits per heavy atom. The van der Waals surface area contributed by atoms with Crippen molar-refractivity contribution < 1.29 is 14.8 Å². The number of nitrogens with zero attached hydrogens (tertiary/aromatic N) is 3. The van der Waals surface area contributed by atoms with Crippen LogP contribution in [0.4, 0.5) is 11.4 Å². The molecule has 0 spiro atoms. The molecule has 1 fully saturated rings. The maximum Gasteiger partial charge on any atom is 0.269 e. The van der Waals surface area contributed by atoms with E-state index in [0.717, 1.165) is 26.2 Å². The summed E-state index contributed by atoms with van der Waals surface area (Å²) < 4.78 is 5.56. The maximum atomic E-state index is 10.7. The van der Waals surface area contributed by atoms with E-state index in [9.17, 15) is 15.2 Å². The van der Waals surface area contributed by atoms with Crippen LogP contribution < -0.4 is 9.64 Å². The number of nitro groups is 1. The number of β-amino-alcohol motifs (C(OH)–C–C–N with tert-alkyl or cyclic N) is 1. The van der Waals surface area contributed by atoms with Crippen LogP contribution in [0, 0.1) is 24.0 Å². The van der Waals surface area contributed by atoms with Gasteiger partial charge in [0.25, 0.3) is 5.69 Å². The number of para-hydroxylation sites is 1. The van der Waals surface area contributed by atoms with Gasteiger partial charge in [-0.3, -0.25) is 15.0 Å². The number of aliphatic hydroxyl groups excluding tert-OH is 1. The lowest BCUT2D eigenvalue weighted by Gasteiger charge is -2.38. The Morgan fingerprint density at radius 3 is 2.25 bits per heavy atom. The number of nitro benzene ring substituents is 1. The fourth-order valence-corrected chi connectivity index (χ4v) is 3.67. The van der Waals surface area contributed by atoms with E-state index in [4.69, 9.17) is 4.74 Å². The van der Waals surface area contributed by atoms with Gasteiger partial charge in [0.2, 0.25) is 0 Å². The molecule has 1 atom stereocenters. The first-order valence-corrected chi connectivity index (χ1v) is 9.53. The van der Waals surface area contributed by atoms with Crippen molar-refractivity contribution in [1.29, 1.82) is 0 Å². The average molecular weight is 385 g/mol. The van der Waals surface area contributed by atoms with E-state index < -0.39 is 11.0 Å². The molecule has 0 radical (unpaired) electrons. The first-order valence-electron chi connectivity index (χ1n) is 9.53. The van der Waals surface area contributed by atoms with Gasteiger partial charge in [0.05, 0.1) is 4.92 Å². The molecule has 150 valence electrons. The first-order chi connectivity index (χ1) is 13.4. The third-order valence-electron chi connectivity index (χ3n) is 5.09. The van der Waals surface area contributed by atoms with Crippen molar-refractivity contribution in [3.63, 3.8) is 0 Å². The second-order valence-corrected chi connectivity index (χ2v) is 7.24. The number of aliphatic hydroxyl groups is 1. The van der Waals surface area contributed by atoms with Crippen LogP contribution in [0.15, 0.2) is 42.5 Å². The van der Waals surface area contributed by atoms with Gasteiger partial charge in [0, 0.05) is 50.5 Å². The number of aryl methyl sites for hydroxylation is 2. The SMILES string of the molecule is Cc1cccc(C)c1N1CCN(CC(O)COc2ccc([N+](=O)[O-])cc2)CC1. The lowest BCUT2D eigenvalue weighted by Crippen LogP contribution is -2.49. The van der Waals surface area contributed by atoms with E-state index in [0.29, 0.717) is 12.3 Å². The Bertz CT molecular complexity index is 782. The van der Waals surface area contributed by atoms with E-state index in [1.807, 2.05) is 0 Å². The van der Waals surface area contributed by atoms with Gasteiger partial charge in [0.1, 0.15) is 18.5 Å². The van der Waals surface area contributed by atoms with Crippen LogP contribution in [0.5, 0.6) is 5.75 Å². The van der Waals surface area contributed by atoms with Crippen molar-refractivity contribution in [2.45, 2.75) is 20.0 Å². The highest BCUT2D eigenvalue weighted by molar-refractivity contribution is 5.59. The molecular weight excluding hydrogens is 358 g/mol. The Balaban J connectivity index is 1.44. The van der Waals surface area contributed by atoms with Crippen LogP contribution in [0.3, 0.4) is 0 Å². The predicted molar refractivity (Wildman–Crippen MR) is 109 cm³/mol. The monoisotopic (exact) mass is 385 g/mol.